The zero-order valence-electron chi connectivity index (χ0n) is 13.4. The molecule has 114 valence electrons. The lowest BCUT2D eigenvalue weighted by molar-refractivity contribution is -0.119. The molecule has 0 saturated heterocycles. The normalized spacial score (nSPS) is 45.9. The van der Waals surface area contributed by atoms with Crippen LogP contribution in [0.15, 0.2) is 23.8 Å². The number of rotatable bonds is 1. The largest absolute Gasteiger partial charge is 0.299 e. The van der Waals surface area contributed by atoms with Crippen molar-refractivity contribution in [1.82, 2.24) is 0 Å². The van der Waals surface area contributed by atoms with Gasteiger partial charge in [-0.3, -0.25) is 4.79 Å². The van der Waals surface area contributed by atoms with Crippen LogP contribution in [-0.2, 0) is 4.79 Å². The third-order valence-electron chi connectivity index (χ3n) is 7.56. The van der Waals surface area contributed by atoms with Crippen molar-refractivity contribution in [3.63, 3.8) is 0 Å². The Morgan fingerprint density at radius 2 is 2.00 bits per heavy atom. The van der Waals surface area contributed by atoms with Crippen molar-refractivity contribution >= 4 is 5.78 Å². The van der Waals surface area contributed by atoms with Crippen LogP contribution >= 0.6 is 0 Å². The van der Waals surface area contributed by atoms with Crippen LogP contribution in [-0.4, -0.2) is 5.78 Å². The summed E-state index contributed by atoms with van der Waals surface area (Å²) in [6.07, 6.45) is 13.0. The highest BCUT2D eigenvalue weighted by molar-refractivity contribution is 5.82. The molecule has 0 radical (unpaired) electrons. The Balaban J connectivity index is 1.64. The zero-order valence-corrected chi connectivity index (χ0v) is 13.4. The van der Waals surface area contributed by atoms with E-state index >= 15 is 0 Å². The summed E-state index contributed by atoms with van der Waals surface area (Å²) in [5, 5.41) is 0. The minimum Gasteiger partial charge on any atom is -0.299 e. The summed E-state index contributed by atoms with van der Waals surface area (Å²) < 4.78 is 0. The van der Waals surface area contributed by atoms with Crippen molar-refractivity contribution in [2.24, 2.45) is 29.1 Å². The number of fused-ring (bicyclic) bond motifs is 4. The van der Waals surface area contributed by atoms with Gasteiger partial charge in [0.1, 0.15) is 5.78 Å². The Kier molecular flexibility index (Phi) is 3.17. The average Bonchev–Trinajstić information content (AvgIpc) is 2.83. The Bertz CT molecular complexity index is 514. The Morgan fingerprint density at radius 1 is 1.14 bits per heavy atom. The summed E-state index contributed by atoms with van der Waals surface area (Å²) in [7, 11) is 0. The maximum Gasteiger partial charge on any atom is 0.137 e. The molecule has 0 amide bonds. The maximum atomic E-state index is 11.7. The molecule has 5 atom stereocenters. The van der Waals surface area contributed by atoms with Gasteiger partial charge >= 0.3 is 0 Å². The molecule has 4 aliphatic rings. The van der Waals surface area contributed by atoms with Gasteiger partial charge in [-0.25, -0.2) is 0 Å². The quantitative estimate of drug-likeness (QED) is 0.614. The van der Waals surface area contributed by atoms with Gasteiger partial charge < -0.3 is 0 Å². The van der Waals surface area contributed by atoms with Gasteiger partial charge in [0, 0.05) is 12.8 Å². The fourth-order valence-electron chi connectivity index (χ4n) is 6.48. The van der Waals surface area contributed by atoms with Crippen molar-refractivity contribution < 1.29 is 4.79 Å². The number of hydrogen-bond donors (Lipinski definition) is 0. The molecule has 0 unspecified atom stereocenters. The first-order valence-corrected chi connectivity index (χ1v) is 8.98. The van der Waals surface area contributed by atoms with E-state index in [0.717, 1.165) is 42.9 Å². The van der Waals surface area contributed by atoms with Gasteiger partial charge in [-0.1, -0.05) is 24.1 Å². The van der Waals surface area contributed by atoms with Crippen molar-refractivity contribution in [3.8, 4) is 0 Å². The third kappa shape index (κ3) is 1.92. The van der Waals surface area contributed by atoms with Crippen LogP contribution in [0, 0.1) is 29.1 Å². The van der Waals surface area contributed by atoms with Gasteiger partial charge in [-0.05, 0) is 74.0 Å². The topological polar surface area (TPSA) is 17.1 Å². The maximum absolute atomic E-state index is 11.7. The number of ketones is 1. The van der Waals surface area contributed by atoms with E-state index in [0.29, 0.717) is 11.2 Å². The molecule has 4 aliphatic carbocycles. The van der Waals surface area contributed by atoms with Crippen molar-refractivity contribution in [3.05, 3.63) is 23.8 Å². The van der Waals surface area contributed by atoms with Gasteiger partial charge in [0.05, 0.1) is 0 Å². The molecule has 0 spiro atoms. The molecule has 0 aliphatic heterocycles. The molecule has 0 N–H and O–H groups in total. The molecule has 1 nitrogen and oxygen atoms in total. The second-order valence-corrected chi connectivity index (χ2v) is 8.22. The average molecular weight is 284 g/mol. The minimum absolute atomic E-state index is 0.487. The number of hydrogen-bond acceptors (Lipinski definition) is 1. The number of carbonyl (C=O) groups is 1. The highest BCUT2D eigenvalue weighted by Crippen LogP contribution is 2.63. The van der Waals surface area contributed by atoms with Crippen LogP contribution in [0.2, 0.25) is 0 Å². The van der Waals surface area contributed by atoms with Crippen molar-refractivity contribution in [2.75, 3.05) is 0 Å². The van der Waals surface area contributed by atoms with Crippen LogP contribution in [0.4, 0.5) is 0 Å². The second kappa shape index (κ2) is 4.83. The van der Waals surface area contributed by atoms with Gasteiger partial charge in [0.25, 0.3) is 0 Å². The number of carbonyl (C=O) groups excluding carboxylic acids is 1. The molecular weight excluding hydrogens is 256 g/mol. The molecule has 2 fully saturated rings. The lowest BCUT2D eigenvalue weighted by atomic mass is 9.53. The minimum atomic E-state index is 0.487. The fourth-order valence-corrected chi connectivity index (χ4v) is 6.48. The van der Waals surface area contributed by atoms with Crippen LogP contribution in [0.25, 0.3) is 0 Å². The molecule has 2 saturated carbocycles. The highest BCUT2D eigenvalue weighted by Gasteiger charge is 2.54. The first-order chi connectivity index (χ1) is 10.1. The predicted molar refractivity (Wildman–Crippen MR) is 85.9 cm³/mol. The van der Waals surface area contributed by atoms with E-state index in [2.05, 4.69) is 19.6 Å². The van der Waals surface area contributed by atoms with Crippen LogP contribution in [0.3, 0.4) is 0 Å². The van der Waals surface area contributed by atoms with E-state index < -0.39 is 0 Å². The van der Waals surface area contributed by atoms with Crippen LogP contribution < -0.4 is 0 Å². The molecule has 21 heavy (non-hydrogen) atoms. The van der Waals surface area contributed by atoms with Gasteiger partial charge in [0.15, 0.2) is 0 Å². The molecule has 4 rings (SSSR count). The highest BCUT2D eigenvalue weighted by atomic mass is 16.1. The summed E-state index contributed by atoms with van der Waals surface area (Å²) >= 11 is 0. The summed E-state index contributed by atoms with van der Waals surface area (Å²) in [5.41, 5.74) is 3.80. The van der Waals surface area contributed by atoms with Crippen molar-refractivity contribution in [2.45, 2.75) is 64.7 Å². The van der Waals surface area contributed by atoms with E-state index in [1.54, 1.807) is 11.1 Å². The molecule has 1 heteroatoms. The third-order valence-corrected chi connectivity index (χ3v) is 7.56. The van der Waals surface area contributed by atoms with Gasteiger partial charge in [0.2, 0.25) is 0 Å². The standard InChI is InChI=1S/C20H28O/c1-3-14-5-9-19-18-7-4-13-12-15(21)6-8-16(13)17(18)10-11-20(14,19)2/h3,14,17-19H,1,4-12H2,2H3/t14-,17+,18+,19-,20+/m0/s1. The first kappa shape index (κ1) is 13.8. The SMILES string of the molecule is C=C[C@H]1CC[C@H]2[C@@H]3CCC4=C(CCC(=O)C4)[C@H]3CC[C@]12C. The number of Topliss-reactive ketones (excluding diaryl/α,β-unsaturated/α-hetero) is 1. The lowest BCUT2D eigenvalue weighted by Gasteiger charge is -2.52. The van der Waals surface area contributed by atoms with E-state index in [-0.39, 0.29) is 0 Å². The Morgan fingerprint density at radius 3 is 2.81 bits per heavy atom. The van der Waals surface area contributed by atoms with E-state index in [9.17, 15) is 4.79 Å². The summed E-state index contributed by atoms with van der Waals surface area (Å²) in [6.45, 7) is 6.65. The number of allylic oxidation sites excluding steroid dienone is 3. The first-order valence-electron chi connectivity index (χ1n) is 8.98. The summed E-state index contributed by atoms with van der Waals surface area (Å²) in [5.74, 6) is 3.86. The van der Waals surface area contributed by atoms with E-state index in [4.69, 9.17) is 0 Å². The van der Waals surface area contributed by atoms with Crippen LogP contribution in [0.1, 0.15) is 64.7 Å². The molecule has 0 bridgehead atoms. The second-order valence-electron chi connectivity index (χ2n) is 8.22. The van der Waals surface area contributed by atoms with Gasteiger partial charge in [-0.15, -0.1) is 6.58 Å². The molecule has 0 aromatic carbocycles. The molecule has 0 heterocycles. The summed E-state index contributed by atoms with van der Waals surface area (Å²) in [4.78, 5) is 11.7. The molecule has 0 aromatic heterocycles. The molecular formula is C20H28O. The van der Waals surface area contributed by atoms with E-state index in [1.807, 2.05) is 0 Å². The Labute approximate surface area is 128 Å². The van der Waals surface area contributed by atoms with Crippen LogP contribution in [0.5, 0.6) is 0 Å². The fraction of sp³-hybridized carbons (Fsp3) is 0.750. The monoisotopic (exact) mass is 284 g/mol. The smallest absolute Gasteiger partial charge is 0.137 e. The zero-order chi connectivity index (χ0) is 14.6. The molecule has 0 aromatic rings. The lowest BCUT2D eigenvalue weighted by Crippen LogP contribution is -2.43. The predicted octanol–water partition coefficient (Wildman–Crippen LogP) is 5.07. The van der Waals surface area contributed by atoms with Gasteiger partial charge in [-0.2, -0.15) is 0 Å². The van der Waals surface area contributed by atoms with Crippen molar-refractivity contribution in [1.29, 1.82) is 0 Å². The van der Waals surface area contributed by atoms with E-state index in [1.165, 1.54) is 38.5 Å². The Hall–Kier alpha value is -0.850. The summed E-state index contributed by atoms with van der Waals surface area (Å²) in [6, 6.07) is 0.